The molecular formula is C21H20O5. The van der Waals surface area contributed by atoms with Gasteiger partial charge in [0.2, 0.25) is 5.78 Å². The van der Waals surface area contributed by atoms with Crippen LogP contribution in [-0.4, -0.2) is 25.0 Å². The largest absolute Gasteiger partial charge is 0.479 e. The molecule has 5 nitrogen and oxygen atoms in total. The fourth-order valence-electron chi connectivity index (χ4n) is 2.78. The normalized spacial score (nSPS) is 15.4. The minimum atomic E-state index is -0.753. The maximum absolute atomic E-state index is 12.7. The molecule has 0 aliphatic carbocycles. The summed E-state index contributed by atoms with van der Waals surface area (Å²) in [5.41, 5.74) is 3.28. The Morgan fingerprint density at radius 3 is 2.50 bits per heavy atom. The molecule has 5 heteroatoms. The number of hydrogen-bond acceptors (Lipinski definition) is 5. The molecule has 26 heavy (non-hydrogen) atoms. The van der Waals surface area contributed by atoms with Crippen LogP contribution in [0, 0.1) is 13.8 Å². The van der Waals surface area contributed by atoms with Crippen LogP contribution in [0.4, 0.5) is 0 Å². The molecule has 0 radical (unpaired) electrons. The monoisotopic (exact) mass is 352 g/mol. The predicted molar refractivity (Wildman–Crippen MR) is 97.4 cm³/mol. The molecule has 2 aromatic carbocycles. The molecule has 0 saturated carbocycles. The molecular weight excluding hydrogens is 332 g/mol. The van der Waals surface area contributed by atoms with Crippen molar-refractivity contribution in [2.75, 3.05) is 7.11 Å². The van der Waals surface area contributed by atoms with Gasteiger partial charge in [-0.2, -0.15) is 0 Å². The molecule has 1 aliphatic rings. The van der Waals surface area contributed by atoms with Gasteiger partial charge < -0.3 is 14.2 Å². The Morgan fingerprint density at radius 1 is 1.15 bits per heavy atom. The van der Waals surface area contributed by atoms with Gasteiger partial charge in [0.15, 0.2) is 11.9 Å². The van der Waals surface area contributed by atoms with E-state index in [9.17, 15) is 9.59 Å². The van der Waals surface area contributed by atoms with Crippen LogP contribution in [0.1, 0.15) is 34.0 Å². The number of hydrogen-bond donors (Lipinski definition) is 0. The van der Waals surface area contributed by atoms with Gasteiger partial charge in [-0.15, -0.1) is 0 Å². The van der Waals surface area contributed by atoms with E-state index in [1.165, 1.54) is 7.11 Å². The SMILES string of the molecule is COC(=O)C(C)Oc1cc(C)c2c(c1)O/C(=C\c1ccc(C)cc1)C2=O. The zero-order chi connectivity index (χ0) is 18.8. The maximum atomic E-state index is 12.7. The number of allylic oxidation sites excluding steroid dienone is 1. The molecule has 0 N–H and O–H groups in total. The fraction of sp³-hybridized carbons (Fsp3) is 0.238. The number of methoxy groups -OCH3 is 1. The molecule has 1 atom stereocenters. The summed E-state index contributed by atoms with van der Waals surface area (Å²) in [7, 11) is 1.31. The summed E-state index contributed by atoms with van der Waals surface area (Å²) in [5.74, 6) is 0.514. The van der Waals surface area contributed by atoms with E-state index in [-0.39, 0.29) is 11.5 Å². The van der Waals surface area contributed by atoms with Crippen molar-refractivity contribution in [3.8, 4) is 11.5 Å². The van der Waals surface area contributed by atoms with E-state index in [2.05, 4.69) is 4.74 Å². The molecule has 1 heterocycles. The predicted octanol–water partition coefficient (Wildman–Crippen LogP) is 3.86. The zero-order valence-corrected chi connectivity index (χ0v) is 15.2. The van der Waals surface area contributed by atoms with Crippen LogP contribution in [0.5, 0.6) is 11.5 Å². The topological polar surface area (TPSA) is 61.8 Å². The molecule has 134 valence electrons. The van der Waals surface area contributed by atoms with Gasteiger partial charge >= 0.3 is 5.97 Å². The number of esters is 1. The van der Waals surface area contributed by atoms with Gasteiger partial charge in [0, 0.05) is 6.07 Å². The first-order valence-electron chi connectivity index (χ1n) is 8.29. The molecule has 2 aromatic rings. The lowest BCUT2D eigenvalue weighted by Crippen LogP contribution is -2.24. The highest BCUT2D eigenvalue weighted by Gasteiger charge is 2.30. The summed E-state index contributed by atoms with van der Waals surface area (Å²) < 4.78 is 16.0. The van der Waals surface area contributed by atoms with Crippen LogP contribution >= 0.6 is 0 Å². The van der Waals surface area contributed by atoms with Gasteiger partial charge in [0.25, 0.3) is 0 Å². The van der Waals surface area contributed by atoms with Crippen LogP contribution in [0.2, 0.25) is 0 Å². The molecule has 0 saturated heterocycles. The third-order valence-corrected chi connectivity index (χ3v) is 4.16. The number of fused-ring (bicyclic) bond motifs is 1. The van der Waals surface area contributed by atoms with Gasteiger partial charge in [-0.05, 0) is 44.0 Å². The second-order valence-electron chi connectivity index (χ2n) is 6.25. The highest BCUT2D eigenvalue weighted by atomic mass is 16.6. The summed E-state index contributed by atoms with van der Waals surface area (Å²) >= 11 is 0. The Balaban J connectivity index is 1.88. The smallest absolute Gasteiger partial charge is 0.346 e. The lowest BCUT2D eigenvalue weighted by atomic mass is 10.0. The summed E-state index contributed by atoms with van der Waals surface area (Å²) in [6.45, 7) is 5.41. The number of carbonyl (C=O) groups excluding carboxylic acids is 2. The van der Waals surface area contributed by atoms with E-state index in [0.717, 1.165) is 16.7 Å². The van der Waals surface area contributed by atoms with Crippen molar-refractivity contribution in [3.63, 3.8) is 0 Å². The summed E-state index contributed by atoms with van der Waals surface area (Å²) in [6.07, 6.45) is 0.968. The van der Waals surface area contributed by atoms with Crippen LogP contribution in [0.3, 0.4) is 0 Å². The first kappa shape index (κ1) is 17.7. The molecule has 3 rings (SSSR count). The number of carbonyl (C=O) groups is 2. The van der Waals surface area contributed by atoms with Gasteiger partial charge in [0.1, 0.15) is 11.5 Å². The molecule has 0 aromatic heterocycles. The number of Topliss-reactive ketones (excluding diaryl/α,β-unsaturated/α-hetero) is 1. The van der Waals surface area contributed by atoms with E-state index in [1.807, 2.05) is 38.1 Å². The Morgan fingerprint density at radius 2 is 1.85 bits per heavy atom. The van der Waals surface area contributed by atoms with Crippen molar-refractivity contribution in [2.45, 2.75) is 26.9 Å². The standard InChI is InChI=1S/C21H20O5/c1-12-5-7-15(8-6-12)10-18-20(22)19-13(2)9-16(11-17(19)26-18)25-14(3)21(23)24-4/h5-11,14H,1-4H3/b18-10-. The molecule has 0 fully saturated rings. The first-order chi connectivity index (χ1) is 12.4. The van der Waals surface area contributed by atoms with Gasteiger partial charge in [-0.1, -0.05) is 29.8 Å². The molecule has 1 aliphatic heterocycles. The Bertz CT molecular complexity index is 893. The van der Waals surface area contributed by atoms with Gasteiger partial charge in [-0.25, -0.2) is 4.79 Å². The van der Waals surface area contributed by atoms with E-state index < -0.39 is 12.1 Å². The number of rotatable bonds is 4. The third-order valence-electron chi connectivity index (χ3n) is 4.16. The minimum Gasteiger partial charge on any atom is -0.479 e. The summed E-state index contributed by atoms with van der Waals surface area (Å²) in [5, 5.41) is 0. The quantitative estimate of drug-likeness (QED) is 0.618. The average Bonchev–Trinajstić information content (AvgIpc) is 2.92. The summed E-state index contributed by atoms with van der Waals surface area (Å²) in [6, 6.07) is 11.2. The summed E-state index contributed by atoms with van der Waals surface area (Å²) in [4.78, 5) is 24.2. The molecule has 1 unspecified atom stereocenters. The van der Waals surface area contributed by atoms with Crippen LogP contribution in [-0.2, 0) is 9.53 Å². The van der Waals surface area contributed by atoms with Crippen molar-refractivity contribution < 1.29 is 23.8 Å². The van der Waals surface area contributed by atoms with E-state index in [4.69, 9.17) is 9.47 Å². The highest BCUT2D eigenvalue weighted by Crippen LogP contribution is 2.37. The van der Waals surface area contributed by atoms with Crippen LogP contribution < -0.4 is 9.47 Å². The van der Waals surface area contributed by atoms with E-state index in [1.54, 1.807) is 25.1 Å². The van der Waals surface area contributed by atoms with Gasteiger partial charge in [0.05, 0.1) is 12.7 Å². The van der Waals surface area contributed by atoms with Crippen molar-refractivity contribution in [2.24, 2.45) is 0 Å². The Hall–Kier alpha value is -3.08. The van der Waals surface area contributed by atoms with Crippen molar-refractivity contribution in [1.29, 1.82) is 0 Å². The molecule has 0 amide bonds. The second kappa shape index (κ2) is 7.04. The van der Waals surface area contributed by atoms with Gasteiger partial charge in [-0.3, -0.25) is 4.79 Å². The average molecular weight is 352 g/mol. The number of ether oxygens (including phenoxy) is 3. The molecule has 0 spiro atoms. The lowest BCUT2D eigenvalue weighted by molar-refractivity contribution is -0.147. The Kier molecular flexibility index (Phi) is 4.80. The van der Waals surface area contributed by atoms with Crippen LogP contribution in [0.25, 0.3) is 6.08 Å². The zero-order valence-electron chi connectivity index (χ0n) is 15.2. The van der Waals surface area contributed by atoms with Crippen molar-refractivity contribution in [3.05, 3.63) is 64.4 Å². The number of ketones is 1. The van der Waals surface area contributed by atoms with Crippen molar-refractivity contribution in [1.82, 2.24) is 0 Å². The fourth-order valence-corrected chi connectivity index (χ4v) is 2.78. The maximum Gasteiger partial charge on any atom is 0.346 e. The minimum absolute atomic E-state index is 0.161. The van der Waals surface area contributed by atoms with E-state index in [0.29, 0.717) is 17.1 Å². The lowest BCUT2D eigenvalue weighted by Gasteiger charge is -2.13. The number of benzene rings is 2. The second-order valence-corrected chi connectivity index (χ2v) is 6.25. The highest BCUT2D eigenvalue weighted by molar-refractivity contribution is 6.15. The molecule has 0 bridgehead atoms. The third kappa shape index (κ3) is 3.47. The first-order valence-corrected chi connectivity index (χ1v) is 8.29. The Labute approximate surface area is 152 Å². The van der Waals surface area contributed by atoms with Crippen LogP contribution in [0.15, 0.2) is 42.2 Å². The number of aryl methyl sites for hydroxylation is 2. The van der Waals surface area contributed by atoms with Crippen molar-refractivity contribution >= 4 is 17.8 Å². The van der Waals surface area contributed by atoms with E-state index >= 15 is 0 Å².